The predicted octanol–water partition coefficient (Wildman–Crippen LogP) is 1.41. The smallest absolute Gasteiger partial charge is 0.271 e. The zero-order valence-electron chi connectivity index (χ0n) is 11.4. The van der Waals surface area contributed by atoms with Gasteiger partial charge in [0.05, 0.1) is 23.7 Å². The van der Waals surface area contributed by atoms with Crippen LogP contribution < -0.4 is 0 Å². The van der Waals surface area contributed by atoms with Gasteiger partial charge in [-0.15, -0.1) is 0 Å². The number of nitro benzene ring substituents is 1. The van der Waals surface area contributed by atoms with E-state index in [0.29, 0.717) is 31.8 Å². The van der Waals surface area contributed by atoms with E-state index < -0.39 is 4.92 Å². The minimum atomic E-state index is -0.430. The molecule has 1 aromatic carbocycles. The number of carbonyl (C=O) groups excluding carboxylic acids is 1. The molecule has 21 heavy (non-hydrogen) atoms. The standard InChI is InChI=1S/C14H15N3O4/c18-14(15-5-7-21-8-6-15)10-16-4-3-11-1-2-12(17(19)20)9-13(11)16/h1-4,9H,5-8,10H2. The van der Waals surface area contributed by atoms with Crippen molar-refractivity contribution in [3.8, 4) is 0 Å². The Bertz CT molecular complexity index is 689. The molecule has 7 nitrogen and oxygen atoms in total. The Balaban J connectivity index is 1.84. The molecule has 0 spiro atoms. The summed E-state index contributed by atoms with van der Waals surface area (Å²) in [5, 5.41) is 11.7. The Hall–Kier alpha value is -2.41. The monoisotopic (exact) mass is 289 g/mol. The zero-order valence-corrected chi connectivity index (χ0v) is 11.4. The summed E-state index contributed by atoms with van der Waals surface area (Å²) in [6, 6.07) is 6.52. The van der Waals surface area contributed by atoms with Crippen LogP contribution in [0.2, 0.25) is 0 Å². The van der Waals surface area contributed by atoms with Gasteiger partial charge in [-0.25, -0.2) is 0 Å². The Labute approximate surface area is 120 Å². The highest BCUT2D eigenvalue weighted by Crippen LogP contribution is 2.22. The molecule has 2 aromatic rings. The van der Waals surface area contributed by atoms with E-state index in [2.05, 4.69) is 0 Å². The fourth-order valence-electron chi connectivity index (χ4n) is 2.48. The first kappa shape index (κ1) is 13.6. The lowest BCUT2D eigenvalue weighted by molar-refractivity contribution is -0.384. The van der Waals surface area contributed by atoms with Crippen molar-refractivity contribution in [1.82, 2.24) is 9.47 Å². The van der Waals surface area contributed by atoms with E-state index in [1.54, 1.807) is 21.7 Å². The first-order valence-electron chi connectivity index (χ1n) is 6.74. The molecule has 1 fully saturated rings. The van der Waals surface area contributed by atoms with E-state index in [0.717, 1.165) is 5.39 Å². The minimum Gasteiger partial charge on any atom is -0.378 e. The first-order chi connectivity index (χ1) is 10.1. The predicted molar refractivity (Wildman–Crippen MR) is 76.0 cm³/mol. The Kier molecular flexibility index (Phi) is 3.57. The second-order valence-corrected chi connectivity index (χ2v) is 4.94. The number of aromatic nitrogens is 1. The Morgan fingerprint density at radius 2 is 2.05 bits per heavy atom. The number of amides is 1. The van der Waals surface area contributed by atoms with Gasteiger partial charge in [0.15, 0.2) is 0 Å². The summed E-state index contributed by atoms with van der Waals surface area (Å²) in [4.78, 5) is 24.4. The number of hydrogen-bond donors (Lipinski definition) is 0. The van der Waals surface area contributed by atoms with Crippen molar-refractivity contribution in [1.29, 1.82) is 0 Å². The van der Waals surface area contributed by atoms with Gasteiger partial charge in [-0.3, -0.25) is 14.9 Å². The van der Waals surface area contributed by atoms with Crippen LogP contribution >= 0.6 is 0 Å². The van der Waals surface area contributed by atoms with E-state index in [4.69, 9.17) is 4.74 Å². The maximum atomic E-state index is 12.2. The van der Waals surface area contributed by atoms with E-state index in [9.17, 15) is 14.9 Å². The van der Waals surface area contributed by atoms with E-state index in [-0.39, 0.29) is 18.1 Å². The molecule has 110 valence electrons. The summed E-state index contributed by atoms with van der Waals surface area (Å²) in [6.45, 7) is 2.49. The summed E-state index contributed by atoms with van der Waals surface area (Å²) >= 11 is 0. The molecule has 2 heterocycles. The van der Waals surface area contributed by atoms with Crippen LogP contribution in [-0.2, 0) is 16.1 Å². The minimum absolute atomic E-state index is 0.00214. The van der Waals surface area contributed by atoms with Gasteiger partial charge in [-0.1, -0.05) is 0 Å². The number of nitrogens with zero attached hydrogens (tertiary/aromatic N) is 3. The quantitative estimate of drug-likeness (QED) is 0.632. The molecule has 7 heteroatoms. The van der Waals surface area contributed by atoms with Crippen molar-refractivity contribution in [2.45, 2.75) is 6.54 Å². The largest absolute Gasteiger partial charge is 0.378 e. The summed E-state index contributed by atoms with van der Waals surface area (Å²) in [6.07, 6.45) is 1.78. The number of fused-ring (bicyclic) bond motifs is 1. The van der Waals surface area contributed by atoms with Gasteiger partial charge in [0.2, 0.25) is 5.91 Å². The van der Waals surface area contributed by atoms with Gasteiger partial charge in [-0.05, 0) is 12.1 Å². The van der Waals surface area contributed by atoms with Crippen molar-refractivity contribution < 1.29 is 14.5 Å². The third-order valence-electron chi connectivity index (χ3n) is 3.64. The molecule has 1 aliphatic rings. The van der Waals surface area contributed by atoms with Crippen LogP contribution in [0.1, 0.15) is 0 Å². The maximum Gasteiger partial charge on any atom is 0.271 e. The molecule has 0 saturated carbocycles. The summed E-state index contributed by atoms with van der Waals surface area (Å²) in [5.74, 6) is 0.00214. The number of rotatable bonds is 3. The van der Waals surface area contributed by atoms with Crippen LogP contribution in [-0.4, -0.2) is 46.6 Å². The van der Waals surface area contributed by atoms with Gasteiger partial charge in [0.25, 0.3) is 5.69 Å². The van der Waals surface area contributed by atoms with Crippen molar-refractivity contribution in [3.05, 3.63) is 40.6 Å². The molecular weight excluding hydrogens is 274 g/mol. The third-order valence-corrected chi connectivity index (χ3v) is 3.64. The molecule has 1 aromatic heterocycles. The van der Waals surface area contributed by atoms with Crippen molar-refractivity contribution >= 4 is 22.5 Å². The summed E-state index contributed by atoms with van der Waals surface area (Å²) in [7, 11) is 0. The molecular formula is C14H15N3O4. The molecule has 0 bridgehead atoms. The van der Waals surface area contributed by atoms with E-state index in [1.807, 2.05) is 6.07 Å². The van der Waals surface area contributed by atoms with Crippen LogP contribution in [0, 0.1) is 10.1 Å². The van der Waals surface area contributed by atoms with Gasteiger partial charge in [0, 0.05) is 36.8 Å². The van der Waals surface area contributed by atoms with Crippen LogP contribution in [0.5, 0.6) is 0 Å². The topological polar surface area (TPSA) is 77.6 Å². The number of morpholine rings is 1. The highest BCUT2D eigenvalue weighted by Gasteiger charge is 2.18. The molecule has 0 unspecified atom stereocenters. The van der Waals surface area contributed by atoms with Crippen molar-refractivity contribution in [3.63, 3.8) is 0 Å². The maximum absolute atomic E-state index is 12.2. The fraction of sp³-hybridized carbons (Fsp3) is 0.357. The molecule has 1 amide bonds. The molecule has 0 radical (unpaired) electrons. The molecule has 0 aliphatic carbocycles. The number of hydrogen-bond acceptors (Lipinski definition) is 4. The van der Waals surface area contributed by atoms with Crippen molar-refractivity contribution in [2.75, 3.05) is 26.3 Å². The Morgan fingerprint density at radius 1 is 1.29 bits per heavy atom. The summed E-state index contributed by atoms with van der Waals surface area (Å²) in [5.41, 5.74) is 0.729. The average molecular weight is 289 g/mol. The van der Waals surface area contributed by atoms with Crippen LogP contribution in [0.15, 0.2) is 30.5 Å². The van der Waals surface area contributed by atoms with E-state index in [1.165, 1.54) is 12.1 Å². The van der Waals surface area contributed by atoms with E-state index >= 15 is 0 Å². The molecule has 0 N–H and O–H groups in total. The number of carbonyl (C=O) groups is 1. The highest BCUT2D eigenvalue weighted by molar-refractivity contribution is 5.85. The van der Waals surface area contributed by atoms with Gasteiger partial charge >= 0.3 is 0 Å². The second kappa shape index (κ2) is 5.53. The molecule has 1 aliphatic heterocycles. The Morgan fingerprint density at radius 3 is 2.76 bits per heavy atom. The zero-order chi connectivity index (χ0) is 14.8. The lowest BCUT2D eigenvalue weighted by Gasteiger charge is -2.27. The number of non-ortho nitro benzene ring substituents is 1. The number of benzene rings is 1. The third kappa shape index (κ3) is 2.73. The molecule has 1 saturated heterocycles. The van der Waals surface area contributed by atoms with Crippen LogP contribution in [0.3, 0.4) is 0 Å². The van der Waals surface area contributed by atoms with Gasteiger partial charge in [-0.2, -0.15) is 0 Å². The van der Waals surface area contributed by atoms with Crippen LogP contribution in [0.4, 0.5) is 5.69 Å². The number of ether oxygens (including phenoxy) is 1. The van der Waals surface area contributed by atoms with Crippen molar-refractivity contribution in [2.24, 2.45) is 0 Å². The molecule has 0 atom stereocenters. The SMILES string of the molecule is O=C(Cn1ccc2ccc([N+](=O)[O-])cc21)N1CCOCC1. The molecule has 3 rings (SSSR count). The second-order valence-electron chi connectivity index (χ2n) is 4.94. The average Bonchev–Trinajstić information content (AvgIpc) is 2.90. The normalized spacial score (nSPS) is 15.3. The highest BCUT2D eigenvalue weighted by atomic mass is 16.6. The fourth-order valence-corrected chi connectivity index (χ4v) is 2.48. The van der Waals surface area contributed by atoms with Gasteiger partial charge in [0.1, 0.15) is 6.54 Å². The van der Waals surface area contributed by atoms with Crippen LogP contribution in [0.25, 0.3) is 10.9 Å². The van der Waals surface area contributed by atoms with Gasteiger partial charge < -0.3 is 14.2 Å². The first-order valence-corrected chi connectivity index (χ1v) is 6.74. The lowest BCUT2D eigenvalue weighted by Crippen LogP contribution is -2.42. The number of nitro groups is 1. The summed E-state index contributed by atoms with van der Waals surface area (Å²) < 4.78 is 6.97. The lowest BCUT2D eigenvalue weighted by atomic mass is 10.2.